The Balaban J connectivity index is 1.85. The van der Waals surface area contributed by atoms with Crippen molar-refractivity contribution in [2.75, 3.05) is 6.54 Å². The summed E-state index contributed by atoms with van der Waals surface area (Å²) in [5.41, 5.74) is 1.68. The first kappa shape index (κ1) is 15.0. The van der Waals surface area contributed by atoms with Crippen LogP contribution < -0.4 is 5.32 Å². The van der Waals surface area contributed by atoms with E-state index in [1.54, 1.807) is 13.0 Å². The van der Waals surface area contributed by atoms with Crippen molar-refractivity contribution in [2.24, 2.45) is 11.8 Å². The number of nitrogens with one attached hydrogen (secondary N) is 1. The molecule has 0 aromatic heterocycles. The van der Waals surface area contributed by atoms with Gasteiger partial charge in [-0.25, -0.2) is 4.39 Å². The van der Waals surface area contributed by atoms with Crippen molar-refractivity contribution in [3.8, 4) is 0 Å². The molecule has 1 aromatic rings. The Kier molecular flexibility index (Phi) is 5.12. The second-order valence-corrected chi connectivity index (χ2v) is 5.70. The molecule has 110 valence electrons. The van der Waals surface area contributed by atoms with Gasteiger partial charge in [0.1, 0.15) is 5.82 Å². The fourth-order valence-electron chi connectivity index (χ4n) is 3.00. The molecule has 2 atom stereocenters. The van der Waals surface area contributed by atoms with Crippen molar-refractivity contribution in [3.63, 3.8) is 0 Å². The van der Waals surface area contributed by atoms with E-state index in [4.69, 9.17) is 0 Å². The van der Waals surface area contributed by atoms with E-state index < -0.39 is 5.97 Å². The van der Waals surface area contributed by atoms with Gasteiger partial charge in [0.15, 0.2) is 0 Å². The second kappa shape index (κ2) is 6.84. The quantitative estimate of drug-likeness (QED) is 0.870. The van der Waals surface area contributed by atoms with Crippen LogP contribution in [-0.2, 0) is 11.3 Å². The second-order valence-electron chi connectivity index (χ2n) is 5.70. The lowest BCUT2D eigenvalue weighted by molar-refractivity contribution is -0.144. The van der Waals surface area contributed by atoms with Gasteiger partial charge in [0, 0.05) is 6.54 Å². The van der Waals surface area contributed by atoms with Gasteiger partial charge < -0.3 is 10.4 Å². The Morgan fingerprint density at radius 1 is 1.40 bits per heavy atom. The molecule has 0 amide bonds. The van der Waals surface area contributed by atoms with Gasteiger partial charge >= 0.3 is 5.97 Å². The molecular weight excluding hydrogens is 257 g/mol. The number of hydrogen-bond donors (Lipinski definition) is 2. The molecule has 0 aliphatic heterocycles. The lowest BCUT2D eigenvalue weighted by Crippen LogP contribution is -2.34. The van der Waals surface area contributed by atoms with Gasteiger partial charge in [0.25, 0.3) is 0 Å². The number of carbonyl (C=O) groups is 1. The maximum atomic E-state index is 13.2. The Morgan fingerprint density at radius 2 is 2.15 bits per heavy atom. The number of carboxylic acids is 1. The van der Waals surface area contributed by atoms with Crippen LogP contribution in [0.2, 0.25) is 0 Å². The molecule has 2 N–H and O–H groups in total. The summed E-state index contributed by atoms with van der Waals surface area (Å²) >= 11 is 0. The number of halogens is 1. The largest absolute Gasteiger partial charge is 0.481 e. The molecule has 0 bridgehead atoms. The average Bonchev–Trinajstić information content (AvgIpc) is 2.43. The third-order valence-corrected chi connectivity index (χ3v) is 4.18. The average molecular weight is 279 g/mol. The van der Waals surface area contributed by atoms with Gasteiger partial charge in [-0.2, -0.15) is 0 Å². The summed E-state index contributed by atoms with van der Waals surface area (Å²) in [6.07, 6.45) is 3.90. The standard InChI is InChI=1S/C16H22FNO2/c1-11-8-12(6-7-15(11)17)9-18-10-13-4-2-3-5-14(13)16(19)20/h6-8,13-14,18H,2-5,9-10H2,1H3,(H,19,20). The van der Waals surface area contributed by atoms with Gasteiger partial charge in [0.2, 0.25) is 0 Å². The lowest BCUT2D eigenvalue weighted by Gasteiger charge is -2.28. The third kappa shape index (κ3) is 3.79. The topological polar surface area (TPSA) is 49.3 Å². The van der Waals surface area contributed by atoms with Gasteiger partial charge in [-0.15, -0.1) is 0 Å². The van der Waals surface area contributed by atoms with E-state index in [0.29, 0.717) is 18.7 Å². The molecule has 20 heavy (non-hydrogen) atoms. The van der Waals surface area contributed by atoms with Crippen LogP contribution in [0.5, 0.6) is 0 Å². The van der Waals surface area contributed by atoms with Crippen LogP contribution in [-0.4, -0.2) is 17.6 Å². The predicted molar refractivity (Wildman–Crippen MR) is 75.9 cm³/mol. The monoisotopic (exact) mass is 279 g/mol. The van der Waals surface area contributed by atoms with Crippen LogP contribution in [0.1, 0.15) is 36.8 Å². The van der Waals surface area contributed by atoms with Crippen LogP contribution in [0.15, 0.2) is 18.2 Å². The smallest absolute Gasteiger partial charge is 0.306 e. The van der Waals surface area contributed by atoms with E-state index >= 15 is 0 Å². The fraction of sp³-hybridized carbons (Fsp3) is 0.562. The van der Waals surface area contributed by atoms with Crippen molar-refractivity contribution in [3.05, 3.63) is 35.1 Å². The van der Waals surface area contributed by atoms with Crippen molar-refractivity contribution in [1.82, 2.24) is 5.32 Å². The number of aliphatic carboxylic acids is 1. The van der Waals surface area contributed by atoms with Crippen molar-refractivity contribution in [1.29, 1.82) is 0 Å². The highest BCUT2D eigenvalue weighted by molar-refractivity contribution is 5.70. The summed E-state index contributed by atoms with van der Waals surface area (Å²) in [4.78, 5) is 11.2. The number of carboxylic acid groups (broad SMARTS) is 1. The predicted octanol–water partition coefficient (Wildman–Crippen LogP) is 3.11. The van der Waals surface area contributed by atoms with E-state index in [0.717, 1.165) is 31.2 Å². The first-order valence-electron chi connectivity index (χ1n) is 7.26. The van der Waals surface area contributed by atoms with Gasteiger partial charge in [-0.1, -0.05) is 25.0 Å². The zero-order chi connectivity index (χ0) is 14.5. The van der Waals surface area contributed by atoms with Gasteiger partial charge in [-0.05, 0) is 49.4 Å². The minimum atomic E-state index is -0.672. The Morgan fingerprint density at radius 3 is 2.85 bits per heavy atom. The zero-order valence-corrected chi connectivity index (χ0v) is 11.9. The molecular formula is C16H22FNO2. The maximum absolute atomic E-state index is 13.2. The molecule has 0 radical (unpaired) electrons. The highest BCUT2D eigenvalue weighted by Crippen LogP contribution is 2.29. The van der Waals surface area contributed by atoms with Crippen molar-refractivity contribution in [2.45, 2.75) is 39.2 Å². The SMILES string of the molecule is Cc1cc(CNCC2CCCCC2C(=O)O)ccc1F. The maximum Gasteiger partial charge on any atom is 0.306 e. The molecule has 0 heterocycles. The molecule has 2 unspecified atom stereocenters. The number of benzene rings is 1. The van der Waals surface area contributed by atoms with Gasteiger partial charge in [0.05, 0.1) is 5.92 Å². The number of rotatable bonds is 5. The van der Waals surface area contributed by atoms with E-state index in [2.05, 4.69) is 5.32 Å². The first-order valence-corrected chi connectivity index (χ1v) is 7.26. The number of aryl methyl sites for hydroxylation is 1. The molecule has 0 spiro atoms. The summed E-state index contributed by atoms with van der Waals surface area (Å²) in [7, 11) is 0. The van der Waals surface area contributed by atoms with Crippen molar-refractivity contribution >= 4 is 5.97 Å². The molecule has 1 aliphatic rings. The van der Waals surface area contributed by atoms with Crippen LogP contribution in [0.3, 0.4) is 0 Å². The minimum Gasteiger partial charge on any atom is -0.481 e. The van der Waals surface area contributed by atoms with E-state index in [9.17, 15) is 14.3 Å². The fourth-order valence-corrected chi connectivity index (χ4v) is 3.00. The van der Waals surface area contributed by atoms with E-state index in [1.807, 2.05) is 6.07 Å². The van der Waals surface area contributed by atoms with Crippen LogP contribution in [0, 0.1) is 24.6 Å². The van der Waals surface area contributed by atoms with Gasteiger partial charge in [-0.3, -0.25) is 4.79 Å². The Labute approximate surface area is 119 Å². The molecule has 0 saturated heterocycles. The highest BCUT2D eigenvalue weighted by Gasteiger charge is 2.30. The summed E-state index contributed by atoms with van der Waals surface area (Å²) in [5, 5.41) is 12.5. The third-order valence-electron chi connectivity index (χ3n) is 4.18. The molecule has 3 nitrogen and oxygen atoms in total. The normalized spacial score (nSPS) is 22.7. The molecule has 1 fully saturated rings. The summed E-state index contributed by atoms with van der Waals surface area (Å²) in [6, 6.07) is 5.08. The summed E-state index contributed by atoms with van der Waals surface area (Å²) in [5.74, 6) is -0.866. The van der Waals surface area contributed by atoms with E-state index in [-0.39, 0.29) is 17.7 Å². The number of hydrogen-bond acceptors (Lipinski definition) is 2. The first-order chi connectivity index (χ1) is 9.58. The van der Waals surface area contributed by atoms with Crippen LogP contribution >= 0.6 is 0 Å². The van der Waals surface area contributed by atoms with E-state index in [1.165, 1.54) is 6.07 Å². The minimum absolute atomic E-state index is 0.188. The summed E-state index contributed by atoms with van der Waals surface area (Å²) < 4.78 is 13.2. The van der Waals surface area contributed by atoms with Crippen LogP contribution in [0.4, 0.5) is 4.39 Å². The molecule has 1 aromatic carbocycles. The Hall–Kier alpha value is -1.42. The molecule has 4 heteroatoms. The van der Waals surface area contributed by atoms with Crippen LogP contribution in [0.25, 0.3) is 0 Å². The highest BCUT2D eigenvalue weighted by atomic mass is 19.1. The summed E-state index contributed by atoms with van der Waals surface area (Å²) in [6.45, 7) is 3.12. The zero-order valence-electron chi connectivity index (χ0n) is 11.9. The van der Waals surface area contributed by atoms with Crippen molar-refractivity contribution < 1.29 is 14.3 Å². The molecule has 1 aliphatic carbocycles. The lowest BCUT2D eigenvalue weighted by atomic mass is 9.79. The Bertz CT molecular complexity index is 476. The molecule has 2 rings (SSSR count). The molecule has 1 saturated carbocycles.